The molecule has 0 aromatic carbocycles. The number of hydrogen-bond acceptors (Lipinski definition) is 4. The predicted octanol–water partition coefficient (Wildman–Crippen LogP) is 2.00. The van der Waals surface area contributed by atoms with Crippen molar-refractivity contribution in [2.45, 2.75) is 38.5 Å². The van der Waals surface area contributed by atoms with Crippen LogP contribution in [0.5, 0.6) is 0 Å². The molecule has 4 nitrogen and oxygen atoms in total. The van der Waals surface area contributed by atoms with E-state index in [1.54, 1.807) is 6.26 Å². The highest BCUT2D eigenvalue weighted by molar-refractivity contribution is 5.17. The SMILES string of the molecule is CNCc1occc1CN1CCCC(C)(OC)C1. The van der Waals surface area contributed by atoms with Gasteiger partial charge in [-0.3, -0.25) is 4.90 Å². The number of nitrogens with zero attached hydrogens (tertiary/aromatic N) is 1. The molecule has 1 saturated heterocycles. The van der Waals surface area contributed by atoms with Crippen LogP contribution in [0.2, 0.25) is 0 Å². The van der Waals surface area contributed by atoms with Crippen molar-refractivity contribution in [2.75, 3.05) is 27.2 Å². The highest BCUT2D eigenvalue weighted by Gasteiger charge is 2.30. The van der Waals surface area contributed by atoms with E-state index < -0.39 is 0 Å². The van der Waals surface area contributed by atoms with Crippen LogP contribution in [0.15, 0.2) is 16.7 Å². The molecule has 1 N–H and O–H groups in total. The van der Waals surface area contributed by atoms with E-state index in [1.165, 1.54) is 12.0 Å². The smallest absolute Gasteiger partial charge is 0.122 e. The molecule has 1 aliphatic heterocycles. The van der Waals surface area contributed by atoms with Crippen LogP contribution in [0.25, 0.3) is 0 Å². The molecule has 0 saturated carbocycles. The van der Waals surface area contributed by atoms with Gasteiger partial charge in [-0.25, -0.2) is 0 Å². The molecule has 0 spiro atoms. The molecule has 0 bridgehead atoms. The van der Waals surface area contributed by atoms with Crippen molar-refractivity contribution in [2.24, 2.45) is 0 Å². The summed E-state index contributed by atoms with van der Waals surface area (Å²) in [7, 11) is 3.75. The molecule has 1 aromatic rings. The second-order valence-corrected chi connectivity index (χ2v) is 5.37. The molecule has 2 heterocycles. The van der Waals surface area contributed by atoms with Crippen molar-refractivity contribution < 1.29 is 9.15 Å². The Morgan fingerprint density at radius 1 is 1.56 bits per heavy atom. The van der Waals surface area contributed by atoms with Gasteiger partial charge >= 0.3 is 0 Å². The molecule has 0 aliphatic carbocycles. The molecule has 4 heteroatoms. The van der Waals surface area contributed by atoms with Crippen LogP contribution in [0.1, 0.15) is 31.1 Å². The maximum Gasteiger partial charge on any atom is 0.122 e. The lowest BCUT2D eigenvalue weighted by Gasteiger charge is -2.39. The van der Waals surface area contributed by atoms with Crippen molar-refractivity contribution >= 4 is 0 Å². The second kappa shape index (κ2) is 5.87. The van der Waals surface area contributed by atoms with Gasteiger partial charge in [0, 0.05) is 25.8 Å². The molecular formula is C14H24N2O2. The number of nitrogens with one attached hydrogen (secondary N) is 1. The van der Waals surface area contributed by atoms with Gasteiger partial charge in [0.25, 0.3) is 0 Å². The number of rotatable bonds is 5. The monoisotopic (exact) mass is 252 g/mol. The van der Waals surface area contributed by atoms with Crippen LogP contribution in [0.4, 0.5) is 0 Å². The summed E-state index contributed by atoms with van der Waals surface area (Å²) in [4.78, 5) is 2.46. The summed E-state index contributed by atoms with van der Waals surface area (Å²) in [5.74, 6) is 1.04. The lowest BCUT2D eigenvalue weighted by molar-refractivity contribution is -0.0528. The Labute approximate surface area is 109 Å². The van der Waals surface area contributed by atoms with Crippen molar-refractivity contribution in [1.29, 1.82) is 0 Å². The van der Waals surface area contributed by atoms with Gasteiger partial charge in [-0.2, -0.15) is 0 Å². The first-order valence-electron chi connectivity index (χ1n) is 6.64. The minimum atomic E-state index is 0.00511. The maximum absolute atomic E-state index is 5.63. The highest BCUT2D eigenvalue weighted by Crippen LogP contribution is 2.25. The molecule has 1 fully saturated rings. The second-order valence-electron chi connectivity index (χ2n) is 5.37. The molecule has 0 amide bonds. The van der Waals surface area contributed by atoms with Crippen molar-refractivity contribution in [3.8, 4) is 0 Å². The number of hydrogen-bond donors (Lipinski definition) is 1. The van der Waals surface area contributed by atoms with E-state index in [9.17, 15) is 0 Å². The first kappa shape index (κ1) is 13.6. The molecule has 1 unspecified atom stereocenters. The summed E-state index contributed by atoms with van der Waals surface area (Å²) in [6.45, 7) is 6.07. The van der Waals surface area contributed by atoms with Gasteiger partial charge in [-0.05, 0) is 39.4 Å². The van der Waals surface area contributed by atoms with E-state index in [0.717, 1.165) is 38.4 Å². The van der Waals surface area contributed by atoms with Gasteiger partial charge in [-0.15, -0.1) is 0 Å². The van der Waals surface area contributed by atoms with Crippen LogP contribution in [0.3, 0.4) is 0 Å². The zero-order valence-electron chi connectivity index (χ0n) is 11.7. The van der Waals surface area contributed by atoms with E-state index in [1.807, 2.05) is 14.2 Å². The minimum absolute atomic E-state index is 0.00511. The van der Waals surface area contributed by atoms with Crippen molar-refractivity contribution in [1.82, 2.24) is 10.2 Å². The van der Waals surface area contributed by atoms with Crippen LogP contribution in [-0.4, -0.2) is 37.7 Å². The summed E-state index contributed by atoms with van der Waals surface area (Å²) in [6.07, 6.45) is 4.12. The number of ether oxygens (including phenoxy) is 1. The lowest BCUT2D eigenvalue weighted by Crippen LogP contribution is -2.46. The van der Waals surface area contributed by atoms with Gasteiger partial charge in [0.2, 0.25) is 0 Å². The van der Waals surface area contributed by atoms with Gasteiger partial charge in [-0.1, -0.05) is 0 Å². The first-order valence-corrected chi connectivity index (χ1v) is 6.64. The Kier molecular flexibility index (Phi) is 4.43. The maximum atomic E-state index is 5.63. The number of methoxy groups -OCH3 is 1. The molecule has 1 aromatic heterocycles. The Balaban J connectivity index is 1.98. The van der Waals surface area contributed by atoms with Crippen molar-refractivity contribution in [3.63, 3.8) is 0 Å². The molecule has 18 heavy (non-hydrogen) atoms. The Bertz CT molecular complexity index is 378. The van der Waals surface area contributed by atoms with Crippen LogP contribution in [0, 0.1) is 0 Å². The van der Waals surface area contributed by atoms with Gasteiger partial charge in [0.15, 0.2) is 0 Å². The fourth-order valence-electron chi connectivity index (χ4n) is 2.67. The molecule has 2 rings (SSSR count). The van der Waals surface area contributed by atoms with E-state index in [-0.39, 0.29) is 5.60 Å². The van der Waals surface area contributed by atoms with E-state index in [4.69, 9.17) is 9.15 Å². The van der Waals surface area contributed by atoms with Crippen LogP contribution < -0.4 is 5.32 Å². The van der Waals surface area contributed by atoms with E-state index in [2.05, 4.69) is 23.2 Å². The number of furan rings is 1. The molecule has 1 atom stereocenters. The summed E-state index contributed by atoms with van der Waals surface area (Å²) < 4.78 is 11.1. The number of piperidine rings is 1. The van der Waals surface area contributed by atoms with E-state index in [0.29, 0.717) is 0 Å². The summed E-state index contributed by atoms with van der Waals surface area (Å²) >= 11 is 0. The summed E-state index contributed by atoms with van der Waals surface area (Å²) in [6, 6.07) is 2.07. The average Bonchev–Trinajstić information content (AvgIpc) is 2.77. The normalized spacial score (nSPS) is 25.5. The largest absolute Gasteiger partial charge is 0.468 e. The topological polar surface area (TPSA) is 37.6 Å². The Morgan fingerprint density at radius 3 is 3.11 bits per heavy atom. The third-order valence-electron chi connectivity index (χ3n) is 3.80. The van der Waals surface area contributed by atoms with E-state index >= 15 is 0 Å². The van der Waals surface area contributed by atoms with Gasteiger partial charge in [0.05, 0.1) is 18.4 Å². The summed E-state index contributed by atoms with van der Waals surface area (Å²) in [5, 5.41) is 3.14. The van der Waals surface area contributed by atoms with Crippen molar-refractivity contribution in [3.05, 3.63) is 23.7 Å². The molecule has 0 radical (unpaired) electrons. The average molecular weight is 252 g/mol. The third-order valence-corrected chi connectivity index (χ3v) is 3.80. The Hall–Kier alpha value is -0.840. The summed E-state index contributed by atoms with van der Waals surface area (Å²) in [5.41, 5.74) is 1.29. The molecule has 1 aliphatic rings. The van der Waals surface area contributed by atoms with Crippen LogP contribution in [-0.2, 0) is 17.8 Å². The predicted molar refractivity (Wildman–Crippen MR) is 71.4 cm³/mol. The third kappa shape index (κ3) is 3.13. The zero-order valence-corrected chi connectivity index (χ0v) is 11.7. The standard InChI is InChI=1S/C14H24N2O2/c1-14(17-3)6-4-7-16(11-14)10-12-5-8-18-13(12)9-15-2/h5,8,15H,4,6-7,9-11H2,1-3H3. The fourth-order valence-corrected chi connectivity index (χ4v) is 2.67. The lowest BCUT2D eigenvalue weighted by atomic mass is 9.94. The quantitative estimate of drug-likeness (QED) is 0.870. The number of likely N-dealkylation sites (tertiary alicyclic amines) is 1. The highest BCUT2D eigenvalue weighted by atomic mass is 16.5. The fraction of sp³-hybridized carbons (Fsp3) is 0.714. The van der Waals surface area contributed by atoms with Crippen LogP contribution >= 0.6 is 0 Å². The zero-order chi connectivity index (χ0) is 13.0. The first-order chi connectivity index (χ1) is 8.67. The molecular weight excluding hydrogens is 228 g/mol. The molecule has 102 valence electrons. The Morgan fingerprint density at radius 2 is 2.39 bits per heavy atom. The minimum Gasteiger partial charge on any atom is -0.468 e. The van der Waals surface area contributed by atoms with Gasteiger partial charge < -0.3 is 14.5 Å². The van der Waals surface area contributed by atoms with Gasteiger partial charge in [0.1, 0.15) is 5.76 Å².